The van der Waals surface area contributed by atoms with Crippen molar-refractivity contribution in [1.82, 2.24) is 9.88 Å². The predicted octanol–water partition coefficient (Wildman–Crippen LogP) is 4.82. The van der Waals surface area contributed by atoms with E-state index < -0.39 is 6.09 Å². The number of hydrogen-bond donors (Lipinski definition) is 1. The molecule has 3 aromatic rings. The highest BCUT2D eigenvalue weighted by molar-refractivity contribution is 5.75. The van der Waals surface area contributed by atoms with Crippen molar-refractivity contribution >= 4 is 11.8 Å². The second-order valence-corrected chi connectivity index (χ2v) is 8.47. The molecular formula is C26H29N3O3. The fourth-order valence-corrected chi connectivity index (χ4v) is 4.99. The van der Waals surface area contributed by atoms with Crippen LogP contribution >= 0.6 is 0 Å². The van der Waals surface area contributed by atoms with Gasteiger partial charge in [0.2, 0.25) is 0 Å². The third-order valence-corrected chi connectivity index (χ3v) is 6.71. The summed E-state index contributed by atoms with van der Waals surface area (Å²) in [7, 11) is 3.25. The molecule has 6 nitrogen and oxygen atoms in total. The van der Waals surface area contributed by atoms with Gasteiger partial charge in [-0.3, -0.25) is 0 Å². The molecule has 2 aliphatic rings. The van der Waals surface area contributed by atoms with E-state index in [-0.39, 0.29) is 6.61 Å². The lowest BCUT2D eigenvalue weighted by Crippen LogP contribution is -2.19. The topological polar surface area (TPSA) is 55.7 Å². The van der Waals surface area contributed by atoms with Crippen LogP contribution in [-0.4, -0.2) is 37.9 Å². The second kappa shape index (κ2) is 8.26. The smallest absolute Gasteiger partial charge is 0.407 e. The van der Waals surface area contributed by atoms with Gasteiger partial charge in [0.05, 0.1) is 12.8 Å². The molecule has 0 unspecified atom stereocenters. The minimum absolute atomic E-state index is 0.230. The maximum Gasteiger partial charge on any atom is 0.407 e. The molecule has 1 N–H and O–H groups in total. The van der Waals surface area contributed by atoms with Crippen molar-refractivity contribution < 1.29 is 14.3 Å². The average Bonchev–Trinajstić information content (AvgIpc) is 3.54. The van der Waals surface area contributed by atoms with Crippen LogP contribution in [0.25, 0.3) is 16.9 Å². The SMILES string of the molecule is CNC(=O)OCc1c(C)c2n(c1-c1ccc(OC)cc1)-c1ccc(N3CCCC3)cc1C2. The Bertz CT molecular complexity index is 1160. The molecule has 32 heavy (non-hydrogen) atoms. The number of carbonyl (C=O) groups is 1. The summed E-state index contributed by atoms with van der Waals surface area (Å²) in [4.78, 5) is 14.3. The molecule has 6 heteroatoms. The molecule has 0 saturated carbocycles. The molecule has 0 radical (unpaired) electrons. The van der Waals surface area contributed by atoms with Crippen LogP contribution in [0.15, 0.2) is 42.5 Å². The second-order valence-electron chi connectivity index (χ2n) is 8.47. The van der Waals surface area contributed by atoms with E-state index in [1.165, 1.54) is 41.0 Å². The first-order chi connectivity index (χ1) is 15.6. The van der Waals surface area contributed by atoms with Crippen molar-refractivity contribution in [2.45, 2.75) is 32.8 Å². The largest absolute Gasteiger partial charge is 0.497 e. The Kier molecular flexibility index (Phi) is 5.29. The van der Waals surface area contributed by atoms with Gasteiger partial charge in [0.15, 0.2) is 0 Å². The zero-order valence-electron chi connectivity index (χ0n) is 18.9. The number of ether oxygens (including phenoxy) is 2. The number of nitrogens with zero attached hydrogens (tertiary/aromatic N) is 2. The number of hydrogen-bond acceptors (Lipinski definition) is 4. The number of benzene rings is 2. The molecule has 0 atom stereocenters. The summed E-state index contributed by atoms with van der Waals surface area (Å²) < 4.78 is 13.2. The highest BCUT2D eigenvalue weighted by Crippen LogP contribution is 2.42. The molecule has 1 amide bonds. The van der Waals surface area contributed by atoms with Crippen LogP contribution in [0.3, 0.4) is 0 Å². The summed E-state index contributed by atoms with van der Waals surface area (Å²) in [5.41, 5.74) is 9.52. The summed E-state index contributed by atoms with van der Waals surface area (Å²) >= 11 is 0. The molecule has 1 saturated heterocycles. The molecule has 2 aromatic carbocycles. The number of nitrogens with one attached hydrogen (secondary N) is 1. The van der Waals surface area contributed by atoms with Crippen molar-refractivity contribution in [3.8, 4) is 22.7 Å². The minimum atomic E-state index is -0.424. The van der Waals surface area contributed by atoms with Gasteiger partial charge in [-0.1, -0.05) is 0 Å². The first-order valence-electron chi connectivity index (χ1n) is 11.2. The number of amides is 1. The van der Waals surface area contributed by atoms with Gasteiger partial charge in [-0.05, 0) is 78.9 Å². The quantitative estimate of drug-likeness (QED) is 0.492. The van der Waals surface area contributed by atoms with E-state index in [0.29, 0.717) is 0 Å². The Morgan fingerprint density at radius 1 is 1.09 bits per heavy atom. The number of methoxy groups -OCH3 is 1. The Balaban J connectivity index is 1.61. The summed E-state index contributed by atoms with van der Waals surface area (Å²) in [6.45, 7) is 4.65. The number of fused-ring (bicyclic) bond motifs is 3. The van der Waals surface area contributed by atoms with Crippen molar-refractivity contribution in [3.05, 3.63) is 64.8 Å². The Morgan fingerprint density at radius 2 is 1.84 bits per heavy atom. The predicted molar refractivity (Wildman–Crippen MR) is 126 cm³/mol. The van der Waals surface area contributed by atoms with Crippen LogP contribution in [0, 0.1) is 6.92 Å². The van der Waals surface area contributed by atoms with Crippen molar-refractivity contribution in [2.75, 3.05) is 32.1 Å². The monoisotopic (exact) mass is 431 g/mol. The molecule has 5 rings (SSSR count). The standard InChI is InChI=1S/C26H29N3O3/c1-17-22(16-32-26(30)27-2)25(18-6-9-21(31-3)10-7-18)29-23-11-8-20(28-12-4-5-13-28)14-19(23)15-24(17)29/h6-11,14H,4-5,12-13,15-16H2,1-3H3,(H,27,30). The van der Waals surface area contributed by atoms with Crippen LogP contribution in [-0.2, 0) is 17.8 Å². The van der Waals surface area contributed by atoms with Crippen LogP contribution in [0.4, 0.5) is 10.5 Å². The molecule has 2 aliphatic heterocycles. The van der Waals surface area contributed by atoms with Gasteiger partial charge in [-0.2, -0.15) is 0 Å². The fraction of sp³-hybridized carbons (Fsp3) is 0.346. The molecule has 1 aromatic heterocycles. The lowest BCUT2D eigenvalue weighted by atomic mass is 10.0. The summed E-state index contributed by atoms with van der Waals surface area (Å²) in [5.74, 6) is 0.817. The van der Waals surface area contributed by atoms with E-state index in [1.54, 1.807) is 14.2 Å². The Labute approximate surface area is 188 Å². The zero-order chi connectivity index (χ0) is 22.2. The zero-order valence-corrected chi connectivity index (χ0v) is 18.9. The molecule has 0 bridgehead atoms. The normalized spacial score (nSPS) is 14.3. The third kappa shape index (κ3) is 3.40. The van der Waals surface area contributed by atoms with E-state index in [0.717, 1.165) is 42.1 Å². The van der Waals surface area contributed by atoms with Crippen molar-refractivity contribution in [2.24, 2.45) is 0 Å². The summed E-state index contributed by atoms with van der Waals surface area (Å²) in [5, 5.41) is 2.54. The number of aromatic nitrogens is 1. The summed E-state index contributed by atoms with van der Waals surface area (Å²) in [6, 6.07) is 14.9. The van der Waals surface area contributed by atoms with E-state index in [4.69, 9.17) is 9.47 Å². The van der Waals surface area contributed by atoms with Gasteiger partial charge in [-0.15, -0.1) is 0 Å². The van der Waals surface area contributed by atoms with Gasteiger partial charge < -0.3 is 24.3 Å². The number of anilines is 1. The number of rotatable bonds is 5. The van der Waals surface area contributed by atoms with Gasteiger partial charge >= 0.3 is 6.09 Å². The van der Waals surface area contributed by atoms with Gasteiger partial charge in [0.25, 0.3) is 0 Å². The van der Waals surface area contributed by atoms with Crippen LogP contribution in [0.5, 0.6) is 5.75 Å². The van der Waals surface area contributed by atoms with E-state index in [2.05, 4.69) is 52.0 Å². The minimum Gasteiger partial charge on any atom is -0.497 e. The van der Waals surface area contributed by atoms with Crippen LogP contribution in [0.1, 0.15) is 35.2 Å². The van der Waals surface area contributed by atoms with Gasteiger partial charge in [0.1, 0.15) is 12.4 Å². The molecule has 166 valence electrons. The lowest BCUT2D eigenvalue weighted by molar-refractivity contribution is 0.142. The highest BCUT2D eigenvalue weighted by Gasteiger charge is 2.29. The molecule has 0 spiro atoms. The molecular weight excluding hydrogens is 402 g/mol. The fourth-order valence-electron chi connectivity index (χ4n) is 4.99. The maximum atomic E-state index is 11.8. The Morgan fingerprint density at radius 3 is 2.53 bits per heavy atom. The third-order valence-electron chi connectivity index (χ3n) is 6.71. The molecule has 0 aliphatic carbocycles. The molecule has 3 heterocycles. The molecule has 1 fully saturated rings. The highest BCUT2D eigenvalue weighted by atomic mass is 16.5. The van der Waals surface area contributed by atoms with E-state index >= 15 is 0 Å². The Hall–Kier alpha value is -3.41. The maximum absolute atomic E-state index is 11.8. The van der Waals surface area contributed by atoms with Crippen LogP contribution in [0.2, 0.25) is 0 Å². The van der Waals surface area contributed by atoms with Gasteiger partial charge in [-0.25, -0.2) is 4.79 Å². The lowest BCUT2D eigenvalue weighted by Gasteiger charge is -2.19. The first kappa shape index (κ1) is 20.5. The van der Waals surface area contributed by atoms with Gasteiger partial charge in [0, 0.05) is 49.2 Å². The van der Waals surface area contributed by atoms with Crippen molar-refractivity contribution in [1.29, 1.82) is 0 Å². The number of alkyl carbamates (subject to hydrolysis) is 1. The van der Waals surface area contributed by atoms with E-state index in [1.807, 2.05) is 12.1 Å². The average molecular weight is 432 g/mol. The van der Waals surface area contributed by atoms with Crippen LogP contribution < -0.4 is 15.0 Å². The first-order valence-corrected chi connectivity index (χ1v) is 11.2. The number of carbonyl (C=O) groups excluding carboxylic acids is 1. The van der Waals surface area contributed by atoms with Crippen molar-refractivity contribution in [3.63, 3.8) is 0 Å². The summed E-state index contributed by atoms with van der Waals surface area (Å²) in [6.07, 6.45) is 3.00. The van der Waals surface area contributed by atoms with E-state index in [9.17, 15) is 4.79 Å².